The van der Waals surface area contributed by atoms with Gasteiger partial charge in [0.15, 0.2) is 11.2 Å². The minimum absolute atomic E-state index is 0.506. The molecular formula is C18H14N2O3S2. The van der Waals surface area contributed by atoms with E-state index >= 15 is 0 Å². The summed E-state index contributed by atoms with van der Waals surface area (Å²) in [6, 6.07) is 9.50. The molecule has 0 aliphatic carbocycles. The van der Waals surface area contributed by atoms with Gasteiger partial charge in [0.05, 0.1) is 24.8 Å². The van der Waals surface area contributed by atoms with Gasteiger partial charge in [0.25, 0.3) is 0 Å². The molecule has 3 heterocycles. The van der Waals surface area contributed by atoms with Crippen LogP contribution in [0.3, 0.4) is 0 Å². The molecule has 7 heteroatoms. The summed E-state index contributed by atoms with van der Waals surface area (Å²) in [4.78, 5) is 18.5. The maximum Gasteiger partial charge on any atom is 0.195 e. The smallest absolute Gasteiger partial charge is 0.195 e. The zero-order valence-electron chi connectivity index (χ0n) is 13.6. The van der Waals surface area contributed by atoms with Crippen LogP contribution in [0.15, 0.2) is 41.1 Å². The summed E-state index contributed by atoms with van der Waals surface area (Å²) in [5, 5.41) is 4.04. The van der Waals surface area contributed by atoms with Crippen LogP contribution < -0.4 is 9.47 Å². The molecule has 0 atom stereocenters. The molecule has 0 saturated carbocycles. The number of ether oxygens (including phenoxy) is 2. The van der Waals surface area contributed by atoms with E-state index < -0.39 is 0 Å². The first kappa shape index (κ1) is 15.9. The first-order chi connectivity index (χ1) is 12.3. The van der Waals surface area contributed by atoms with Crippen LogP contribution in [0.2, 0.25) is 0 Å². The van der Waals surface area contributed by atoms with Gasteiger partial charge in [-0.15, -0.1) is 22.7 Å². The van der Waals surface area contributed by atoms with Crippen molar-refractivity contribution in [3.8, 4) is 33.3 Å². The van der Waals surface area contributed by atoms with Crippen molar-refractivity contribution in [2.24, 2.45) is 0 Å². The maximum absolute atomic E-state index is 11.9. The monoisotopic (exact) mass is 370 g/mol. The van der Waals surface area contributed by atoms with E-state index in [1.165, 1.54) is 11.3 Å². The van der Waals surface area contributed by atoms with Gasteiger partial charge in [-0.05, 0) is 29.6 Å². The van der Waals surface area contributed by atoms with Gasteiger partial charge in [0.1, 0.15) is 22.9 Å². The number of hydrogen-bond donors (Lipinski definition) is 0. The zero-order valence-corrected chi connectivity index (χ0v) is 15.2. The van der Waals surface area contributed by atoms with Crippen LogP contribution in [0.4, 0.5) is 0 Å². The lowest BCUT2D eigenvalue weighted by Crippen LogP contribution is -1.96. The van der Waals surface area contributed by atoms with Gasteiger partial charge < -0.3 is 9.47 Å². The van der Waals surface area contributed by atoms with Crippen LogP contribution in [0.5, 0.6) is 11.5 Å². The van der Waals surface area contributed by atoms with Crippen molar-refractivity contribution in [3.05, 3.63) is 46.8 Å². The fraction of sp³-hybridized carbons (Fsp3) is 0.111. The van der Waals surface area contributed by atoms with E-state index in [2.05, 4.69) is 4.98 Å². The lowest BCUT2D eigenvalue weighted by Gasteiger charge is -2.09. The Bertz CT molecular complexity index is 1050. The SMILES string of the molecule is COc1ccc(OC)c(-c2nc3scc(-c4cccs4)n3c2C=O)c1. The van der Waals surface area contributed by atoms with Crippen LogP contribution in [-0.4, -0.2) is 29.9 Å². The average Bonchev–Trinajstić information content (AvgIpc) is 3.36. The lowest BCUT2D eigenvalue weighted by molar-refractivity contribution is 0.111. The van der Waals surface area contributed by atoms with Crippen molar-refractivity contribution < 1.29 is 14.3 Å². The highest BCUT2D eigenvalue weighted by atomic mass is 32.1. The molecule has 1 aromatic carbocycles. The summed E-state index contributed by atoms with van der Waals surface area (Å²) in [5.41, 5.74) is 2.80. The molecule has 126 valence electrons. The number of imidazole rings is 1. The third-order valence-corrected chi connectivity index (χ3v) is 5.66. The molecule has 25 heavy (non-hydrogen) atoms. The number of aromatic nitrogens is 2. The number of nitrogens with zero attached hydrogens (tertiary/aromatic N) is 2. The highest BCUT2D eigenvalue weighted by Gasteiger charge is 2.21. The first-order valence-corrected chi connectivity index (χ1v) is 9.24. The number of thiazole rings is 1. The van der Waals surface area contributed by atoms with Crippen molar-refractivity contribution in [2.75, 3.05) is 14.2 Å². The molecule has 3 aromatic heterocycles. The molecule has 4 aromatic rings. The summed E-state index contributed by atoms with van der Waals surface area (Å²) in [5.74, 6) is 1.33. The minimum atomic E-state index is 0.506. The number of carbonyl (C=O) groups is 1. The number of methoxy groups -OCH3 is 2. The number of aldehydes is 1. The number of thiophene rings is 1. The predicted molar refractivity (Wildman–Crippen MR) is 100 cm³/mol. The summed E-state index contributed by atoms with van der Waals surface area (Å²) in [6.45, 7) is 0. The van der Waals surface area contributed by atoms with Crippen molar-refractivity contribution in [1.29, 1.82) is 0 Å². The van der Waals surface area contributed by atoms with Gasteiger partial charge in [-0.25, -0.2) is 4.98 Å². The molecule has 0 aliphatic heterocycles. The number of carbonyl (C=O) groups excluding carboxylic acids is 1. The molecule has 0 spiro atoms. The van der Waals surface area contributed by atoms with Gasteiger partial charge in [-0.3, -0.25) is 9.20 Å². The molecule has 0 N–H and O–H groups in total. The summed E-state index contributed by atoms with van der Waals surface area (Å²) < 4.78 is 12.7. The maximum atomic E-state index is 11.9. The molecule has 4 rings (SSSR count). The van der Waals surface area contributed by atoms with Crippen LogP contribution in [0, 0.1) is 0 Å². The van der Waals surface area contributed by atoms with Gasteiger partial charge in [-0.1, -0.05) is 6.07 Å². The van der Waals surface area contributed by atoms with Gasteiger partial charge in [0, 0.05) is 10.9 Å². The Morgan fingerprint density at radius 2 is 2.04 bits per heavy atom. The Morgan fingerprint density at radius 1 is 1.16 bits per heavy atom. The Kier molecular flexibility index (Phi) is 4.03. The van der Waals surface area contributed by atoms with E-state index in [1.54, 1.807) is 25.6 Å². The van der Waals surface area contributed by atoms with Crippen molar-refractivity contribution in [2.45, 2.75) is 0 Å². The summed E-state index contributed by atoms with van der Waals surface area (Å²) >= 11 is 3.14. The normalized spacial score (nSPS) is 11.0. The lowest BCUT2D eigenvalue weighted by atomic mass is 10.1. The van der Waals surface area contributed by atoms with E-state index in [9.17, 15) is 4.79 Å². The third kappa shape index (κ3) is 2.52. The second kappa shape index (κ2) is 6.34. The quantitative estimate of drug-likeness (QED) is 0.481. The second-order valence-electron chi connectivity index (χ2n) is 5.25. The Labute approximate surface area is 152 Å². The number of rotatable bonds is 5. The second-order valence-corrected chi connectivity index (χ2v) is 7.03. The molecule has 0 saturated heterocycles. The Morgan fingerprint density at radius 3 is 2.72 bits per heavy atom. The van der Waals surface area contributed by atoms with Gasteiger partial charge in [-0.2, -0.15) is 0 Å². The minimum Gasteiger partial charge on any atom is -0.497 e. The van der Waals surface area contributed by atoms with Gasteiger partial charge >= 0.3 is 0 Å². The standard InChI is InChI=1S/C18H14N2O3S2/c1-22-11-5-6-15(23-2)12(8-11)17-13(9-21)20-14(10-25-18(20)19-17)16-4-3-7-24-16/h3-10H,1-2H3. The average molecular weight is 370 g/mol. The molecule has 0 fully saturated rings. The van der Waals surface area contributed by atoms with Crippen LogP contribution in [0.1, 0.15) is 10.5 Å². The Balaban J connectivity index is 1.99. The molecule has 0 aliphatic rings. The summed E-state index contributed by atoms with van der Waals surface area (Å²) in [7, 11) is 3.20. The van der Waals surface area contributed by atoms with E-state index in [4.69, 9.17) is 9.47 Å². The van der Waals surface area contributed by atoms with Crippen molar-refractivity contribution >= 4 is 33.9 Å². The first-order valence-electron chi connectivity index (χ1n) is 7.48. The van der Waals surface area contributed by atoms with E-state index in [1.807, 2.05) is 45.5 Å². The van der Waals surface area contributed by atoms with E-state index in [0.29, 0.717) is 22.9 Å². The van der Waals surface area contributed by atoms with E-state index in [-0.39, 0.29) is 0 Å². The highest BCUT2D eigenvalue weighted by Crippen LogP contribution is 2.38. The fourth-order valence-electron chi connectivity index (χ4n) is 2.78. The molecule has 0 radical (unpaired) electrons. The molecule has 0 unspecified atom stereocenters. The molecule has 0 amide bonds. The zero-order chi connectivity index (χ0) is 17.4. The molecular weight excluding hydrogens is 356 g/mol. The van der Waals surface area contributed by atoms with E-state index in [0.717, 1.165) is 27.4 Å². The fourth-order valence-corrected chi connectivity index (χ4v) is 4.49. The largest absolute Gasteiger partial charge is 0.497 e. The molecule has 0 bridgehead atoms. The van der Waals surface area contributed by atoms with Crippen LogP contribution in [-0.2, 0) is 0 Å². The number of fused-ring (bicyclic) bond motifs is 1. The predicted octanol–water partition coefficient (Wildman–Crippen LogP) is 4.62. The molecule has 5 nitrogen and oxygen atoms in total. The topological polar surface area (TPSA) is 52.8 Å². The summed E-state index contributed by atoms with van der Waals surface area (Å²) in [6.07, 6.45) is 0.845. The highest BCUT2D eigenvalue weighted by molar-refractivity contribution is 7.17. The number of benzene rings is 1. The Hall–Kier alpha value is -2.64. The van der Waals surface area contributed by atoms with Crippen molar-refractivity contribution in [3.63, 3.8) is 0 Å². The van der Waals surface area contributed by atoms with Crippen LogP contribution in [0.25, 0.3) is 26.8 Å². The number of hydrogen-bond acceptors (Lipinski definition) is 6. The third-order valence-electron chi connectivity index (χ3n) is 3.95. The van der Waals surface area contributed by atoms with Crippen LogP contribution >= 0.6 is 22.7 Å². The van der Waals surface area contributed by atoms with Gasteiger partial charge in [0.2, 0.25) is 0 Å². The van der Waals surface area contributed by atoms with Crippen molar-refractivity contribution in [1.82, 2.24) is 9.38 Å².